The molecule has 0 aliphatic carbocycles. The van der Waals surface area contributed by atoms with Crippen LogP contribution >= 0.6 is 22.9 Å². The SMILES string of the molecule is O=C(Cc1csc(NC(=O)c2ccc(Cl)cc2)n1)NCc1c(F)cccc1F. The first-order chi connectivity index (χ1) is 13.4. The van der Waals surface area contributed by atoms with Gasteiger partial charge in [-0.3, -0.25) is 14.9 Å². The van der Waals surface area contributed by atoms with Gasteiger partial charge in [0.25, 0.3) is 5.91 Å². The second-order valence-corrected chi connectivity index (χ2v) is 7.05. The Balaban J connectivity index is 1.54. The minimum absolute atomic E-state index is 0.0800. The van der Waals surface area contributed by atoms with Gasteiger partial charge in [-0.1, -0.05) is 17.7 Å². The van der Waals surface area contributed by atoms with Crippen LogP contribution < -0.4 is 10.6 Å². The van der Waals surface area contributed by atoms with Crippen LogP contribution in [-0.4, -0.2) is 16.8 Å². The third kappa shape index (κ3) is 5.11. The lowest BCUT2D eigenvalue weighted by Gasteiger charge is -2.06. The Hall–Kier alpha value is -2.84. The van der Waals surface area contributed by atoms with Crippen molar-refractivity contribution in [3.63, 3.8) is 0 Å². The van der Waals surface area contributed by atoms with Crippen molar-refractivity contribution in [1.82, 2.24) is 10.3 Å². The van der Waals surface area contributed by atoms with Crippen molar-refractivity contribution in [2.45, 2.75) is 13.0 Å². The molecule has 0 aliphatic heterocycles. The number of hydrogen-bond donors (Lipinski definition) is 2. The molecule has 0 bridgehead atoms. The van der Waals surface area contributed by atoms with Gasteiger partial charge in [0.05, 0.1) is 12.1 Å². The van der Waals surface area contributed by atoms with E-state index in [9.17, 15) is 18.4 Å². The number of thiazole rings is 1. The second-order valence-electron chi connectivity index (χ2n) is 5.76. The lowest BCUT2D eigenvalue weighted by molar-refractivity contribution is -0.120. The molecule has 0 spiro atoms. The predicted molar refractivity (Wildman–Crippen MR) is 103 cm³/mol. The van der Waals surface area contributed by atoms with Crippen molar-refractivity contribution in [2.75, 3.05) is 5.32 Å². The smallest absolute Gasteiger partial charge is 0.257 e. The topological polar surface area (TPSA) is 71.1 Å². The number of halogens is 3. The Morgan fingerprint density at radius 3 is 2.43 bits per heavy atom. The molecule has 0 fully saturated rings. The highest BCUT2D eigenvalue weighted by molar-refractivity contribution is 7.14. The average Bonchev–Trinajstić information content (AvgIpc) is 3.08. The number of nitrogens with one attached hydrogen (secondary N) is 2. The van der Waals surface area contributed by atoms with Gasteiger partial charge in [0, 0.05) is 28.1 Å². The molecule has 144 valence electrons. The van der Waals surface area contributed by atoms with E-state index in [2.05, 4.69) is 15.6 Å². The highest BCUT2D eigenvalue weighted by atomic mass is 35.5. The molecule has 0 saturated heterocycles. The summed E-state index contributed by atoms with van der Waals surface area (Å²) < 4.78 is 27.1. The molecule has 9 heteroatoms. The van der Waals surface area contributed by atoms with E-state index in [4.69, 9.17) is 11.6 Å². The van der Waals surface area contributed by atoms with Crippen molar-refractivity contribution in [3.05, 3.63) is 81.3 Å². The average molecular weight is 422 g/mol. The zero-order chi connectivity index (χ0) is 20.1. The van der Waals surface area contributed by atoms with Crippen LogP contribution in [0.2, 0.25) is 5.02 Å². The maximum absolute atomic E-state index is 13.6. The van der Waals surface area contributed by atoms with Gasteiger partial charge in [-0.15, -0.1) is 11.3 Å². The standard InChI is InChI=1S/C19H14ClF2N3O2S/c20-12-6-4-11(5-7-12)18(27)25-19-24-13(10-28-19)8-17(26)23-9-14-15(21)2-1-3-16(14)22/h1-7,10H,8-9H2,(H,23,26)(H,24,25,27). The molecule has 2 N–H and O–H groups in total. The summed E-state index contributed by atoms with van der Waals surface area (Å²) in [4.78, 5) is 28.3. The summed E-state index contributed by atoms with van der Waals surface area (Å²) in [6, 6.07) is 9.88. The highest BCUT2D eigenvalue weighted by Gasteiger charge is 2.13. The van der Waals surface area contributed by atoms with Crippen LogP contribution in [0.15, 0.2) is 47.8 Å². The molecule has 2 amide bonds. The molecule has 3 aromatic rings. The van der Waals surface area contributed by atoms with Crippen LogP contribution in [0.5, 0.6) is 0 Å². The summed E-state index contributed by atoms with van der Waals surface area (Å²) in [6.07, 6.45) is -0.0800. The fourth-order valence-electron chi connectivity index (χ4n) is 2.33. The van der Waals surface area contributed by atoms with E-state index in [1.54, 1.807) is 29.6 Å². The van der Waals surface area contributed by atoms with E-state index in [-0.39, 0.29) is 24.4 Å². The molecule has 3 rings (SSSR count). The molecular weight excluding hydrogens is 408 g/mol. The van der Waals surface area contributed by atoms with E-state index in [0.29, 0.717) is 21.4 Å². The van der Waals surface area contributed by atoms with Gasteiger partial charge in [-0.25, -0.2) is 13.8 Å². The van der Waals surface area contributed by atoms with Gasteiger partial charge < -0.3 is 5.32 Å². The maximum atomic E-state index is 13.6. The number of aromatic nitrogens is 1. The fourth-order valence-corrected chi connectivity index (χ4v) is 3.16. The van der Waals surface area contributed by atoms with Crippen LogP contribution in [-0.2, 0) is 17.8 Å². The summed E-state index contributed by atoms with van der Waals surface area (Å²) in [5.41, 5.74) is 0.652. The third-order valence-corrected chi connectivity index (χ3v) is 4.80. The van der Waals surface area contributed by atoms with E-state index in [1.807, 2.05) is 0 Å². The molecule has 0 atom stereocenters. The number of anilines is 1. The third-order valence-electron chi connectivity index (χ3n) is 3.74. The van der Waals surface area contributed by atoms with Crippen molar-refractivity contribution in [2.24, 2.45) is 0 Å². The molecular formula is C19H14ClF2N3O2S. The number of benzene rings is 2. The summed E-state index contributed by atoms with van der Waals surface area (Å²) >= 11 is 6.96. The first-order valence-electron chi connectivity index (χ1n) is 8.13. The lowest BCUT2D eigenvalue weighted by Crippen LogP contribution is -2.25. The number of carbonyl (C=O) groups excluding carboxylic acids is 2. The molecule has 0 aliphatic rings. The lowest BCUT2D eigenvalue weighted by atomic mass is 10.2. The van der Waals surface area contributed by atoms with E-state index < -0.39 is 17.5 Å². The van der Waals surface area contributed by atoms with Gasteiger partial charge in [0.1, 0.15) is 11.6 Å². The zero-order valence-electron chi connectivity index (χ0n) is 14.3. The normalized spacial score (nSPS) is 10.5. The number of amides is 2. The van der Waals surface area contributed by atoms with Crippen LogP contribution in [0, 0.1) is 11.6 Å². The van der Waals surface area contributed by atoms with Gasteiger partial charge in [0.15, 0.2) is 5.13 Å². The quantitative estimate of drug-likeness (QED) is 0.627. The Kier molecular flexibility index (Phi) is 6.33. The molecule has 1 heterocycles. The summed E-state index contributed by atoms with van der Waals surface area (Å²) in [7, 11) is 0. The van der Waals surface area contributed by atoms with Crippen LogP contribution in [0.1, 0.15) is 21.6 Å². The van der Waals surface area contributed by atoms with E-state index in [0.717, 1.165) is 12.1 Å². The van der Waals surface area contributed by atoms with Crippen LogP contribution in [0.25, 0.3) is 0 Å². The van der Waals surface area contributed by atoms with Gasteiger partial charge in [0.2, 0.25) is 5.91 Å². The fraction of sp³-hybridized carbons (Fsp3) is 0.105. The Morgan fingerprint density at radius 2 is 1.75 bits per heavy atom. The molecule has 0 unspecified atom stereocenters. The molecule has 2 aromatic carbocycles. The minimum Gasteiger partial charge on any atom is -0.351 e. The zero-order valence-corrected chi connectivity index (χ0v) is 15.9. The predicted octanol–water partition coefficient (Wildman–Crippen LogP) is 4.19. The number of carbonyl (C=O) groups is 2. The molecule has 5 nitrogen and oxygen atoms in total. The number of hydrogen-bond acceptors (Lipinski definition) is 4. The summed E-state index contributed by atoms with van der Waals surface area (Å²) in [6.45, 7) is -0.262. The Labute approximate surface area is 168 Å². The Bertz CT molecular complexity index is 988. The second kappa shape index (κ2) is 8.90. The van der Waals surface area contributed by atoms with Gasteiger partial charge in [-0.05, 0) is 36.4 Å². The highest BCUT2D eigenvalue weighted by Crippen LogP contribution is 2.18. The monoisotopic (exact) mass is 421 g/mol. The van der Waals surface area contributed by atoms with Crippen molar-refractivity contribution < 1.29 is 18.4 Å². The minimum atomic E-state index is -0.721. The van der Waals surface area contributed by atoms with Crippen molar-refractivity contribution >= 4 is 39.9 Å². The number of rotatable bonds is 6. The molecule has 28 heavy (non-hydrogen) atoms. The van der Waals surface area contributed by atoms with Gasteiger partial charge in [-0.2, -0.15) is 0 Å². The number of nitrogens with zero attached hydrogens (tertiary/aromatic N) is 1. The van der Waals surface area contributed by atoms with E-state index in [1.165, 1.54) is 17.4 Å². The van der Waals surface area contributed by atoms with Crippen molar-refractivity contribution in [1.29, 1.82) is 0 Å². The molecule has 1 aromatic heterocycles. The Morgan fingerprint density at radius 1 is 1.07 bits per heavy atom. The first-order valence-corrected chi connectivity index (χ1v) is 9.39. The summed E-state index contributed by atoms with van der Waals surface area (Å²) in [5.74, 6) is -2.23. The van der Waals surface area contributed by atoms with E-state index >= 15 is 0 Å². The van der Waals surface area contributed by atoms with Crippen LogP contribution in [0.4, 0.5) is 13.9 Å². The van der Waals surface area contributed by atoms with Crippen LogP contribution in [0.3, 0.4) is 0 Å². The van der Waals surface area contributed by atoms with Gasteiger partial charge >= 0.3 is 0 Å². The van der Waals surface area contributed by atoms with Crippen molar-refractivity contribution in [3.8, 4) is 0 Å². The maximum Gasteiger partial charge on any atom is 0.257 e. The molecule has 0 saturated carbocycles. The largest absolute Gasteiger partial charge is 0.351 e. The first kappa shape index (κ1) is 19.9. The summed E-state index contributed by atoms with van der Waals surface area (Å²) in [5, 5.41) is 7.58. The molecule has 0 radical (unpaired) electrons.